The van der Waals surface area contributed by atoms with E-state index >= 15 is 0 Å². The van der Waals surface area contributed by atoms with Gasteiger partial charge in [0.1, 0.15) is 11.6 Å². The van der Waals surface area contributed by atoms with Crippen LogP contribution in [0.15, 0.2) is 36.4 Å². The summed E-state index contributed by atoms with van der Waals surface area (Å²) < 4.78 is 32.4. The second-order valence-corrected chi connectivity index (χ2v) is 7.14. The second-order valence-electron chi connectivity index (χ2n) is 6.33. The molecule has 1 fully saturated rings. The highest BCUT2D eigenvalue weighted by Crippen LogP contribution is 2.34. The minimum absolute atomic E-state index is 0.0230. The first kappa shape index (κ1) is 19.1. The molecule has 3 nitrogen and oxygen atoms in total. The minimum Gasteiger partial charge on any atom is -0.381 e. The largest absolute Gasteiger partial charge is 0.381 e. The highest BCUT2D eigenvalue weighted by molar-refractivity contribution is 6.36. The van der Waals surface area contributed by atoms with E-state index in [1.807, 2.05) is 0 Å². The quantitative estimate of drug-likeness (QED) is 0.753. The van der Waals surface area contributed by atoms with Crippen LogP contribution in [0.1, 0.15) is 28.8 Å². The van der Waals surface area contributed by atoms with Gasteiger partial charge in [-0.3, -0.25) is 4.79 Å². The van der Waals surface area contributed by atoms with E-state index in [9.17, 15) is 13.6 Å². The molecule has 138 valence electrons. The molecule has 7 heteroatoms. The Bertz CT molecular complexity index is 806. The van der Waals surface area contributed by atoms with E-state index in [1.54, 1.807) is 12.1 Å². The lowest BCUT2D eigenvalue weighted by atomic mass is 9.74. The van der Waals surface area contributed by atoms with Crippen LogP contribution in [0.5, 0.6) is 0 Å². The van der Waals surface area contributed by atoms with Gasteiger partial charge in [0.15, 0.2) is 0 Å². The molecule has 0 bridgehead atoms. The Kier molecular flexibility index (Phi) is 5.80. The Morgan fingerprint density at radius 1 is 1.08 bits per heavy atom. The van der Waals surface area contributed by atoms with Crippen molar-refractivity contribution in [3.63, 3.8) is 0 Å². The van der Waals surface area contributed by atoms with E-state index in [0.717, 1.165) is 11.6 Å². The monoisotopic (exact) mass is 399 g/mol. The van der Waals surface area contributed by atoms with Gasteiger partial charge in [-0.1, -0.05) is 35.3 Å². The number of carbonyl (C=O) groups is 1. The van der Waals surface area contributed by atoms with Gasteiger partial charge in [-0.05, 0) is 42.7 Å². The summed E-state index contributed by atoms with van der Waals surface area (Å²) in [6.45, 7) is 1.40. The highest BCUT2D eigenvalue weighted by atomic mass is 35.5. The maximum absolute atomic E-state index is 13.7. The van der Waals surface area contributed by atoms with Crippen molar-refractivity contribution in [2.24, 2.45) is 0 Å². The molecule has 1 saturated heterocycles. The van der Waals surface area contributed by atoms with E-state index < -0.39 is 11.7 Å². The first-order valence-electron chi connectivity index (χ1n) is 8.18. The predicted molar refractivity (Wildman–Crippen MR) is 96.9 cm³/mol. The number of hydrogen-bond acceptors (Lipinski definition) is 2. The zero-order chi connectivity index (χ0) is 18.7. The predicted octanol–water partition coefficient (Wildman–Crippen LogP) is 4.75. The first-order chi connectivity index (χ1) is 12.4. The number of rotatable bonds is 4. The van der Waals surface area contributed by atoms with E-state index in [4.69, 9.17) is 27.9 Å². The third-order valence-electron chi connectivity index (χ3n) is 4.75. The molecule has 1 amide bonds. The maximum Gasteiger partial charge on any atom is 0.252 e. The molecule has 0 radical (unpaired) electrons. The molecule has 1 N–H and O–H groups in total. The maximum atomic E-state index is 13.7. The number of nitrogens with one attached hydrogen (secondary N) is 1. The van der Waals surface area contributed by atoms with E-state index in [1.165, 1.54) is 18.2 Å². The molecule has 3 rings (SSSR count). The van der Waals surface area contributed by atoms with Crippen molar-refractivity contribution in [2.45, 2.75) is 18.3 Å². The van der Waals surface area contributed by atoms with Crippen LogP contribution in [0.2, 0.25) is 10.0 Å². The first-order valence-corrected chi connectivity index (χ1v) is 8.93. The average Bonchev–Trinajstić information content (AvgIpc) is 2.64. The van der Waals surface area contributed by atoms with Crippen molar-refractivity contribution in [2.75, 3.05) is 19.8 Å². The molecular weight excluding hydrogens is 383 g/mol. The Hall–Kier alpha value is -1.69. The van der Waals surface area contributed by atoms with Crippen LogP contribution in [-0.4, -0.2) is 25.7 Å². The zero-order valence-corrected chi connectivity index (χ0v) is 15.3. The molecule has 2 aromatic rings. The molecular formula is C19H17Cl2F2NO2. The zero-order valence-electron chi connectivity index (χ0n) is 13.8. The van der Waals surface area contributed by atoms with Gasteiger partial charge in [0.2, 0.25) is 0 Å². The fourth-order valence-corrected chi connectivity index (χ4v) is 3.64. The molecule has 0 saturated carbocycles. The number of carbonyl (C=O) groups excluding carboxylic acids is 1. The highest BCUT2D eigenvalue weighted by Gasteiger charge is 2.35. The number of amides is 1. The molecule has 0 aliphatic carbocycles. The topological polar surface area (TPSA) is 38.3 Å². The van der Waals surface area contributed by atoms with Crippen LogP contribution in [0, 0.1) is 11.6 Å². The summed E-state index contributed by atoms with van der Waals surface area (Å²) in [6, 6.07) is 8.48. The molecule has 0 atom stereocenters. The Morgan fingerprint density at radius 2 is 1.73 bits per heavy atom. The molecule has 1 aliphatic rings. The Morgan fingerprint density at radius 3 is 2.38 bits per heavy atom. The fraction of sp³-hybridized carbons (Fsp3) is 0.316. The summed E-state index contributed by atoms with van der Waals surface area (Å²) in [7, 11) is 0. The van der Waals surface area contributed by atoms with E-state index in [2.05, 4.69) is 5.32 Å². The summed E-state index contributed by atoms with van der Waals surface area (Å²) in [6.07, 6.45) is 1.36. The summed E-state index contributed by atoms with van der Waals surface area (Å²) >= 11 is 11.7. The standard InChI is InChI=1S/C19H17Cl2F2NO2/c20-15-10-16(21)17(23)9-14(15)18(25)24-11-19(5-7-26-8-6-19)12-1-3-13(22)4-2-12/h1-4,9-10H,5-8,11H2,(H,24,25). The lowest BCUT2D eigenvalue weighted by molar-refractivity contribution is 0.0487. The molecule has 1 heterocycles. The smallest absolute Gasteiger partial charge is 0.252 e. The van der Waals surface area contributed by atoms with Crippen molar-refractivity contribution in [3.8, 4) is 0 Å². The van der Waals surface area contributed by atoms with Gasteiger partial charge >= 0.3 is 0 Å². The molecule has 2 aromatic carbocycles. The number of benzene rings is 2. The van der Waals surface area contributed by atoms with Gasteiger partial charge in [-0.2, -0.15) is 0 Å². The Balaban J connectivity index is 1.81. The van der Waals surface area contributed by atoms with Gasteiger partial charge in [-0.25, -0.2) is 8.78 Å². The van der Waals surface area contributed by atoms with Gasteiger partial charge in [0.25, 0.3) is 5.91 Å². The molecule has 0 aromatic heterocycles. The normalized spacial score (nSPS) is 16.3. The van der Waals surface area contributed by atoms with Crippen molar-refractivity contribution < 1.29 is 18.3 Å². The summed E-state index contributed by atoms with van der Waals surface area (Å²) in [5, 5.41) is 2.77. The number of ether oxygens (including phenoxy) is 1. The molecule has 0 spiro atoms. The Labute approximate surface area is 160 Å². The number of halogens is 4. The van der Waals surface area contributed by atoms with Crippen LogP contribution < -0.4 is 5.32 Å². The summed E-state index contributed by atoms with van der Waals surface area (Å²) in [4.78, 5) is 12.5. The third-order valence-corrected chi connectivity index (χ3v) is 5.35. The van der Waals surface area contributed by atoms with Crippen LogP contribution in [0.25, 0.3) is 0 Å². The van der Waals surface area contributed by atoms with Crippen LogP contribution >= 0.6 is 23.2 Å². The van der Waals surface area contributed by atoms with Gasteiger partial charge < -0.3 is 10.1 Å². The van der Waals surface area contributed by atoms with Crippen molar-refractivity contribution in [1.82, 2.24) is 5.32 Å². The number of hydrogen-bond donors (Lipinski definition) is 1. The van der Waals surface area contributed by atoms with Crippen molar-refractivity contribution in [1.29, 1.82) is 0 Å². The van der Waals surface area contributed by atoms with Crippen molar-refractivity contribution in [3.05, 3.63) is 69.2 Å². The fourth-order valence-electron chi connectivity index (χ4n) is 3.17. The lowest BCUT2D eigenvalue weighted by Crippen LogP contribution is -2.44. The molecule has 26 heavy (non-hydrogen) atoms. The van der Waals surface area contributed by atoms with Gasteiger partial charge in [-0.15, -0.1) is 0 Å². The molecule has 1 aliphatic heterocycles. The lowest BCUT2D eigenvalue weighted by Gasteiger charge is -2.38. The molecule has 0 unspecified atom stereocenters. The van der Waals surface area contributed by atoms with E-state index in [-0.39, 0.29) is 26.8 Å². The minimum atomic E-state index is -0.708. The summed E-state index contributed by atoms with van der Waals surface area (Å²) in [5.74, 6) is -1.51. The SMILES string of the molecule is O=C(NCC1(c2ccc(F)cc2)CCOCC1)c1cc(F)c(Cl)cc1Cl. The van der Waals surface area contributed by atoms with Crippen LogP contribution in [0.3, 0.4) is 0 Å². The van der Waals surface area contributed by atoms with Crippen LogP contribution in [-0.2, 0) is 10.2 Å². The van der Waals surface area contributed by atoms with Crippen LogP contribution in [0.4, 0.5) is 8.78 Å². The van der Waals surface area contributed by atoms with Gasteiger partial charge in [0, 0.05) is 25.2 Å². The summed E-state index contributed by atoms with van der Waals surface area (Å²) in [5.41, 5.74) is 0.574. The van der Waals surface area contributed by atoms with Gasteiger partial charge in [0.05, 0.1) is 15.6 Å². The third kappa shape index (κ3) is 4.00. The van der Waals surface area contributed by atoms with Crippen molar-refractivity contribution >= 4 is 29.1 Å². The second kappa shape index (κ2) is 7.91. The van der Waals surface area contributed by atoms with E-state index in [0.29, 0.717) is 32.6 Å². The average molecular weight is 400 g/mol.